The zero-order valence-corrected chi connectivity index (χ0v) is 29.6. The zero-order chi connectivity index (χ0) is 30.9. The first kappa shape index (κ1) is 40.0. The number of aromatic nitrogens is 3. The van der Waals surface area contributed by atoms with Crippen LogP contribution in [0.4, 0.5) is 0 Å². The van der Waals surface area contributed by atoms with Gasteiger partial charge in [0.25, 0.3) is 0 Å². The second kappa shape index (κ2) is 32.4. The molecule has 1 aromatic rings. The highest BCUT2D eigenvalue weighted by Gasteiger charge is 2.05. The first-order chi connectivity index (χ1) is 21.3. The monoisotopic (exact) mass is 599 g/mol. The Kier molecular flexibility index (Phi) is 30.2. The van der Waals surface area contributed by atoms with Crippen molar-refractivity contribution < 1.29 is 0 Å². The van der Waals surface area contributed by atoms with Gasteiger partial charge in [-0.3, -0.25) is 0 Å². The van der Waals surface area contributed by atoms with Crippen LogP contribution in [0.25, 0.3) is 0 Å². The quantitative estimate of drug-likeness (QED) is 0.0741. The third-order valence-electron chi connectivity index (χ3n) is 9.28. The first-order valence-corrected chi connectivity index (χ1v) is 19.8. The van der Waals surface area contributed by atoms with Gasteiger partial charge < -0.3 is 0 Å². The Hall–Kier alpha value is -0.990. The number of unbranched alkanes of at least 4 members (excludes halogenated alkanes) is 30. The van der Waals surface area contributed by atoms with Crippen LogP contribution in [-0.2, 0) is 12.8 Å². The van der Waals surface area contributed by atoms with Crippen molar-refractivity contribution in [2.24, 2.45) is 0 Å². The lowest BCUT2D eigenvalue weighted by Crippen LogP contribution is -2.06. The molecule has 0 aliphatic carbocycles. The van der Waals surface area contributed by atoms with E-state index in [1.165, 1.54) is 205 Å². The molecule has 0 saturated carbocycles. The molecule has 0 N–H and O–H groups in total. The summed E-state index contributed by atoms with van der Waals surface area (Å²) in [6.45, 7) is 8.63. The van der Waals surface area contributed by atoms with Crippen molar-refractivity contribution in [3.8, 4) is 0 Å². The second-order valence-corrected chi connectivity index (χ2v) is 13.7. The SMILES string of the molecule is [CH2]c1nc(CCCCCCCCCCCCCCCCCC)nc(CCCCCCCCCCCCCCCCCC)n1. The lowest BCUT2D eigenvalue weighted by atomic mass is 10.0. The molecule has 0 saturated heterocycles. The summed E-state index contributed by atoms with van der Waals surface area (Å²) < 4.78 is 0. The molecule has 1 radical (unpaired) electrons. The van der Waals surface area contributed by atoms with Crippen molar-refractivity contribution in [3.63, 3.8) is 0 Å². The maximum atomic E-state index is 4.79. The predicted molar refractivity (Wildman–Crippen MR) is 191 cm³/mol. The average molecular weight is 599 g/mol. The van der Waals surface area contributed by atoms with Crippen LogP contribution < -0.4 is 0 Å². The smallest absolute Gasteiger partial charge is 0.133 e. The van der Waals surface area contributed by atoms with Crippen molar-refractivity contribution in [1.29, 1.82) is 0 Å². The number of hydrogen-bond acceptors (Lipinski definition) is 3. The van der Waals surface area contributed by atoms with Gasteiger partial charge in [-0.05, 0) is 12.8 Å². The van der Waals surface area contributed by atoms with Crippen molar-refractivity contribution in [2.75, 3.05) is 0 Å². The molecule has 3 nitrogen and oxygen atoms in total. The van der Waals surface area contributed by atoms with Gasteiger partial charge in [0, 0.05) is 19.8 Å². The van der Waals surface area contributed by atoms with Crippen LogP contribution in [0.1, 0.15) is 237 Å². The highest BCUT2D eigenvalue weighted by Crippen LogP contribution is 2.16. The minimum Gasteiger partial charge on any atom is -0.218 e. The van der Waals surface area contributed by atoms with Crippen LogP contribution in [0, 0.1) is 6.92 Å². The van der Waals surface area contributed by atoms with Gasteiger partial charge in [0.05, 0.1) is 0 Å². The van der Waals surface area contributed by atoms with Crippen LogP contribution in [-0.4, -0.2) is 15.0 Å². The van der Waals surface area contributed by atoms with Crippen molar-refractivity contribution >= 4 is 0 Å². The molecule has 0 atom stereocenters. The van der Waals surface area contributed by atoms with Crippen LogP contribution in [0.2, 0.25) is 0 Å². The van der Waals surface area contributed by atoms with Gasteiger partial charge in [0.15, 0.2) is 0 Å². The fraction of sp³-hybridized carbons (Fsp3) is 0.900. The van der Waals surface area contributed by atoms with E-state index in [-0.39, 0.29) is 0 Å². The zero-order valence-electron chi connectivity index (χ0n) is 29.6. The summed E-state index contributed by atoms with van der Waals surface area (Å²) in [5, 5.41) is 0. The van der Waals surface area contributed by atoms with E-state index >= 15 is 0 Å². The minimum absolute atomic E-state index is 0.660. The molecule has 1 rings (SSSR count). The molecule has 0 bridgehead atoms. The predicted octanol–water partition coefficient (Wildman–Crippen LogP) is 13.7. The maximum Gasteiger partial charge on any atom is 0.133 e. The summed E-state index contributed by atoms with van der Waals surface area (Å²) in [5.74, 6) is 2.60. The van der Waals surface area contributed by atoms with Crippen LogP contribution in [0.5, 0.6) is 0 Å². The Labute approximate surface area is 271 Å². The second-order valence-electron chi connectivity index (χ2n) is 13.7. The van der Waals surface area contributed by atoms with Crippen molar-refractivity contribution in [3.05, 3.63) is 24.4 Å². The molecule has 3 heteroatoms. The topological polar surface area (TPSA) is 38.7 Å². The van der Waals surface area contributed by atoms with Crippen LogP contribution in [0.15, 0.2) is 0 Å². The summed E-state index contributed by atoms with van der Waals surface area (Å²) >= 11 is 0. The van der Waals surface area contributed by atoms with E-state index in [4.69, 9.17) is 4.98 Å². The van der Waals surface area contributed by atoms with Gasteiger partial charge in [0.2, 0.25) is 0 Å². The maximum absolute atomic E-state index is 4.79. The van der Waals surface area contributed by atoms with Crippen molar-refractivity contribution in [1.82, 2.24) is 15.0 Å². The standard InChI is InChI=1S/C40H76N3/c1-4-6-8-10-12-14-16-18-20-22-24-26-28-30-32-34-36-39-41-38(3)42-40(43-39)37-35-33-31-29-27-25-23-21-19-17-15-13-11-9-7-5-2/h3-37H2,1-2H3. The van der Waals surface area contributed by atoms with Crippen LogP contribution in [0.3, 0.4) is 0 Å². The van der Waals surface area contributed by atoms with Gasteiger partial charge in [-0.1, -0.05) is 206 Å². The van der Waals surface area contributed by atoms with Crippen LogP contribution >= 0.6 is 0 Å². The van der Waals surface area contributed by atoms with E-state index in [1.807, 2.05) is 0 Å². The molecule has 251 valence electrons. The van der Waals surface area contributed by atoms with Crippen molar-refractivity contribution in [2.45, 2.75) is 232 Å². The molecule has 0 spiro atoms. The fourth-order valence-electron chi connectivity index (χ4n) is 6.41. The highest BCUT2D eigenvalue weighted by atomic mass is 15.0. The van der Waals surface area contributed by atoms with Gasteiger partial charge in [-0.2, -0.15) is 0 Å². The summed E-state index contributed by atoms with van der Waals surface area (Å²) in [7, 11) is 0. The average Bonchev–Trinajstić information content (AvgIpc) is 3.00. The highest BCUT2D eigenvalue weighted by molar-refractivity contribution is 5.00. The Morgan fingerprint density at radius 3 is 0.744 bits per heavy atom. The molecular formula is C40H76N3. The first-order valence-electron chi connectivity index (χ1n) is 19.8. The lowest BCUT2D eigenvalue weighted by molar-refractivity contribution is 0.527. The molecular weight excluding hydrogens is 522 g/mol. The van der Waals surface area contributed by atoms with E-state index < -0.39 is 0 Å². The molecule has 0 amide bonds. The normalized spacial score (nSPS) is 11.5. The molecule has 0 aromatic carbocycles. The number of hydrogen-bond donors (Lipinski definition) is 0. The van der Waals surface area contributed by atoms with Gasteiger partial charge in [-0.25, -0.2) is 15.0 Å². The van der Waals surface area contributed by atoms with Gasteiger partial charge in [0.1, 0.15) is 17.5 Å². The summed E-state index contributed by atoms with van der Waals surface area (Å²) in [5.41, 5.74) is 0. The number of aryl methyl sites for hydroxylation is 2. The van der Waals surface area contributed by atoms with E-state index in [0.29, 0.717) is 5.82 Å². The largest absolute Gasteiger partial charge is 0.218 e. The van der Waals surface area contributed by atoms with E-state index in [1.54, 1.807) is 0 Å². The third kappa shape index (κ3) is 28.2. The Morgan fingerprint density at radius 1 is 0.302 bits per heavy atom. The molecule has 0 aliphatic rings. The number of rotatable bonds is 34. The fourth-order valence-corrected chi connectivity index (χ4v) is 6.41. The molecule has 0 aliphatic heterocycles. The molecule has 0 fully saturated rings. The third-order valence-corrected chi connectivity index (χ3v) is 9.28. The Balaban J connectivity index is 1.91. The summed E-state index contributed by atoms with van der Waals surface area (Å²) in [6, 6.07) is 0. The van der Waals surface area contributed by atoms with Gasteiger partial charge in [-0.15, -0.1) is 0 Å². The molecule has 0 unspecified atom stereocenters. The number of nitrogens with zero attached hydrogens (tertiary/aromatic N) is 3. The lowest BCUT2D eigenvalue weighted by Gasteiger charge is -2.06. The summed E-state index contributed by atoms with van der Waals surface area (Å²) in [4.78, 5) is 13.9. The van der Waals surface area contributed by atoms with E-state index in [0.717, 1.165) is 24.5 Å². The summed E-state index contributed by atoms with van der Waals surface area (Å²) in [6.07, 6.45) is 46.9. The van der Waals surface area contributed by atoms with Gasteiger partial charge >= 0.3 is 0 Å². The molecule has 1 heterocycles. The van der Waals surface area contributed by atoms with E-state index in [9.17, 15) is 0 Å². The Morgan fingerprint density at radius 2 is 0.512 bits per heavy atom. The Bertz CT molecular complexity index is 634. The minimum atomic E-state index is 0.660. The van der Waals surface area contributed by atoms with E-state index in [2.05, 4.69) is 30.7 Å². The molecule has 1 aromatic heterocycles. The molecule has 43 heavy (non-hydrogen) atoms.